The van der Waals surface area contributed by atoms with E-state index in [-0.39, 0.29) is 0 Å². The second-order valence-electron chi connectivity index (χ2n) is 13.0. The van der Waals surface area contributed by atoms with Gasteiger partial charge in [-0.05, 0) is 111 Å². The fourth-order valence-corrected chi connectivity index (χ4v) is 7.23. The molecule has 1 aliphatic rings. The Bertz CT molecular complexity index is 2170. The molecule has 7 rings (SSSR count). The third-order valence-electron chi connectivity index (χ3n) is 9.38. The van der Waals surface area contributed by atoms with Crippen LogP contribution in [0.2, 0.25) is 0 Å². The zero-order valence-electron chi connectivity index (χ0n) is 29.8. The number of alkyl halides is 4. The van der Waals surface area contributed by atoms with Gasteiger partial charge in [-0.1, -0.05) is 72.3 Å². The smallest absolute Gasteiger partial charge is 0.398 e. The Morgan fingerprint density at radius 3 is 1.82 bits per heavy atom. The minimum absolute atomic E-state index is 0.486. The van der Waals surface area contributed by atoms with Crippen molar-refractivity contribution in [3.8, 4) is 27.9 Å². The zero-order valence-corrected chi connectivity index (χ0v) is 29.8. The van der Waals surface area contributed by atoms with Crippen LogP contribution in [-0.2, 0) is 12.6 Å². The van der Waals surface area contributed by atoms with Crippen molar-refractivity contribution in [2.75, 3.05) is 18.6 Å². The standard InChI is InChI=1S/C27H24F3N3.C15H17N.CH3F/c1-15-6-3-7-17(12-15)24-16(2)13-18(27(28,29)30)14-23(24)33-21-10-4-8-19(31)25(21)26-20(32)9-5-11-22(26)33;1-10-6-4-7-11(2)14(10)15-12(3)8-5-9-13(15)16;1-2/h3-4,6-10,12-14H,5,11,31-32H2,1-2H3;4-9H,16H2,1-3H3;1H3. The van der Waals surface area contributed by atoms with E-state index in [4.69, 9.17) is 17.2 Å². The highest BCUT2D eigenvalue weighted by atomic mass is 19.4. The molecule has 0 atom stereocenters. The van der Waals surface area contributed by atoms with Crippen LogP contribution >= 0.6 is 0 Å². The molecule has 0 aliphatic heterocycles. The fraction of sp³-hybridized carbons (Fsp3) is 0.209. The highest BCUT2D eigenvalue weighted by molar-refractivity contribution is 6.03. The molecule has 0 spiro atoms. The van der Waals surface area contributed by atoms with Gasteiger partial charge in [-0.3, -0.25) is 4.39 Å². The van der Waals surface area contributed by atoms with Crippen molar-refractivity contribution in [3.05, 3.63) is 142 Å². The minimum atomic E-state index is -4.47. The molecule has 5 aromatic carbocycles. The number of fused-ring (bicyclic) bond motifs is 3. The SMILES string of the molecule is CF.Cc1cccc(-c2c(C)cc(C(F)(F)F)cc2-n2c3c(c4c(N)cccc42)C(N)=CCC3)c1.Cc1cccc(C)c1-c1c(C)cccc1N. The Labute approximate surface area is 297 Å². The second kappa shape index (κ2) is 14.8. The lowest BCUT2D eigenvalue weighted by atomic mass is 9.91. The lowest BCUT2D eigenvalue weighted by Gasteiger charge is -2.22. The molecule has 0 fully saturated rings. The molecule has 0 unspecified atom stereocenters. The number of allylic oxidation sites excluding steroid dienone is 1. The Balaban J connectivity index is 0.000000235. The molecule has 6 N–H and O–H groups in total. The van der Waals surface area contributed by atoms with Gasteiger partial charge in [0.2, 0.25) is 0 Å². The first-order chi connectivity index (χ1) is 24.3. The van der Waals surface area contributed by atoms with Crippen LogP contribution in [0.15, 0.2) is 97.1 Å². The van der Waals surface area contributed by atoms with Gasteiger partial charge in [-0.25, -0.2) is 0 Å². The normalized spacial score (nSPS) is 12.3. The second-order valence-corrected chi connectivity index (χ2v) is 13.0. The van der Waals surface area contributed by atoms with Crippen LogP contribution in [0.25, 0.3) is 44.5 Å². The molecule has 51 heavy (non-hydrogen) atoms. The predicted molar refractivity (Wildman–Crippen MR) is 206 cm³/mol. The van der Waals surface area contributed by atoms with Crippen LogP contribution in [0, 0.1) is 34.6 Å². The maximum atomic E-state index is 13.9. The van der Waals surface area contributed by atoms with Crippen LogP contribution < -0.4 is 17.2 Å². The van der Waals surface area contributed by atoms with Crippen LogP contribution in [0.4, 0.5) is 28.9 Å². The number of nitrogen functional groups attached to an aromatic ring is 2. The molecule has 0 saturated carbocycles. The van der Waals surface area contributed by atoms with E-state index in [1.807, 2.05) is 66.1 Å². The molecule has 6 aromatic rings. The molecule has 0 amide bonds. The number of rotatable bonds is 3. The van der Waals surface area contributed by atoms with Crippen molar-refractivity contribution >= 4 is 28.0 Å². The van der Waals surface area contributed by atoms with Crippen molar-refractivity contribution in [3.63, 3.8) is 0 Å². The number of aryl methyl sites for hydroxylation is 5. The lowest BCUT2D eigenvalue weighted by Crippen LogP contribution is -2.12. The van der Waals surface area contributed by atoms with Gasteiger partial charge in [0.15, 0.2) is 0 Å². The lowest BCUT2D eigenvalue weighted by molar-refractivity contribution is -0.137. The van der Waals surface area contributed by atoms with Gasteiger partial charge in [0.05, 0.1) is 23.9 Å². The summed E-state index contributed by atoms with van der Waals surface area (Å²) in [6.45, 7) is 10.1. The van der Waals surface area contributed by atoms with E-state index in [0.29, 0.717) is 42.7 Å². The summed E-state index contributed by atoms with van der Waals surface area (Å²) in [5, 5.41) is 0.784. The number of nitrogens with zero attached hydrogens (tertiary/aromatic N) is 1. The third kappa shape index (κ3) is 7.09. The Kier molecular flexibility index (Phi) is 10.7. The molecule has 0 radical (unpaired) electrons. The first-order valence-electron chi connectivity index (χ1n) is 16.7. The van der Waals surface area contributed by atoms with Crippen LogP contribution in [0.1, 0.15) is 51.1 Å². The molecule has 1 aromatic heterocycles. The van der Waals surface area contributed by atoms with Gasteiger partial charge >= 0.3 is 6.18 Å². The quantitative estimate of drug-likeness (QED) is 0.128. The molecule has 4 nitrogen and oxygen atoms in total. The number of anilines is 2. The van der Waals surface area contributed by atoms with Gasteiger partial charge in [-0.15, -0.1) is 0 Å². The molecule has 264 valence electrons. The summed E-state index contributed by atoms with van der Waals surface area (Å²) in [6, 6.07) is 28.3. The molecule has 1 heterocycles. The number of benzene rings is 5. The predicted octanol–water partition coefficient (Wildman–Crippen LogP) is 11.2. The summed E-state index contributed by atoms with van der Waals surface area (Å²) in [4.78, 5) is 0. The van der Waals surface area contributed by atoms with E-state index in [1.165, 1.54) is 39.9 Å². The molecule has 8 heteroatoms. The number of nitrogens with two attached hydrogens (primary N) is 3. The third-order valence-corrected chi connectivity index (χ3v) is 9.38. The zero-order chi connectivity index (χ0) is 37.2. The minimum Gasteiger partial charge on any atom is -0.398 e. The van der Waals surface area contributed by atoms with Gasteiger partial charge in [0.25, 0.3) is 0 Å². The first-order valence-corrected chi connectivity index (χ1v) is 16.7. The van der Waals surface area contributed by atoms with Crippen molar-refractivity contribution < 1.29 is 17.6 Å². The van der Waals surface area contributed by atoms with Crippen molar-refractivity contribution in [2.24, 2.45) is 5.73 Å². The molecule has 0 bridgehead atoms. The fourth-order valence-electron chi connectivity index (χ4n) is 7.23. The summed E-state index contributed by atoms with van der Waals surface area (Å²) < 4.78 is 53.2. The van der Waals surface area contributed by atoms with Gasteiger partial charge in [0, 0.05) is 44.8 Å². The largest absolute Gasteiger partial charge is 0.416 e. The summed E-state index contributed by atoms with van der Waals surface area (Å²) >= 11 is 0. The van der Waals surface area contributed by atoms with Crippen LogP contribution in [0.5, 0.6) is 0 Å². The average Bonchev–Trinajstić information content (AvgIpc) is 3.43. The topological polar surface area (TPSA) is 83.0 Å². The monoisotopic (exact) mass is 692 g/mol. The summed E-state index contributed by atoms with van der Waals surface area (Å²) in [5.74, 6) is 0. The van der Waals surface area contributed by atoms with Gasteiger partial charge < -0.3 is 21.8 Å². The first kappa shape index (κ1) is 36.8. The van der Waals surface area contributed by atoms with E-state index in [2.05, 4.69) is 45.0 Å². The van der Waals surface area contributed by atoms with E-state index in [0.717, 1.165) is 44.5 Å². The molecular weight excluding hydrogens is 648 g/mol. The van der Waals surface area contributed by atoms with E-state index in [9.17, 15) is 17.6 Å². The van der Waals surface area contributed by atoms with Gasteiger partial charge in [0.1, 0.15) is 0 Å². The Morgan fingerprint density at radius 2 is 1.20 bits per heavy atom. The highest BCUT2D eigenvalue weighted by Gasteiger charge is 2.33. The summed E-state index contributed by atoms with van der Waals surface area (Å²) in [7, 11) is 0.500. The maximum Gasteiger partial charge on any atom is 0.416 e. The van der Waals surface area contributed by atoms with Crippen LogP contribution in [-0.4, -0.2) is 11.7 Å². The van der Waals surface area contributed by atoms with E-state index < -0.39 is 11.7 Å². The molecular formula is C43H44F4N4. The Hall–Kier alpha value is -5.50. The van der Waals surface area contributed by atoms with Crippen LogP contribution in [0.3, 0.4) is 0 Å². The number of aromatic nitrogens is 1. The van der Waals surface area contributed by atoms with E-state index in [1.54, 1.807) is 13.0 Å². The average molecular weight is 693 g/mol. The van der Waals surface area contributed by atoms with Crippen molar-refractivity contribution in [2.45, 2.75) is 53.6 Å². The molecule has 1 aliphatic carbocycles. The summed E-state index contributed by atoms with van der Waals surface area (Å²) in [6.07, 6.45) is -1.14. The van der Waals surface area contributed by atoms with E-state index >= 15 is 0 Å². The van der Waals surface area contributed by atoms with Crippen molar-refractivity contribution in [1.82, 2.24) is 4.57 Å². The highest BCUT2D eigenvalue weighted by Crippen LogP contribution is 2.44. The van der Waals surface area contributed by atoms with Crippen molar-refractivity contribution in [1.29, 1.82) is 0 Å². The number of hydrogen-bond acceptors (Lipinski definition) is 3. The Morgan fingerprint density at radius 1 is 0.608 bits per heavy atom. The number of halogens is 4. The summed E-state index contributed by atoms with van der Waals surface area (Å²) in [5.41, 5.74) is 32.6. The maximum absolute atomic E-state index is 13.9. The van der Waals surface area contributed by atoms with Gasteiger partial charge in [-0.2, -0.15) is 13.2 Å². The molecule has 0 saturated heterocycles. The number of hydrogen-bond donors (Lipinski definition) is 3.